The smallest absolute Gasteiger partial charge is 0.221 e. The van der Waals surface area contributed by atoms with Gasteiger partial charge < -0.3 is 21.2 Å². The topological polar surface area (TPSA) is 122 Å². The van der Waals surface area contributed by atoms with Gasteiger partial charge in [0.25, 0.3) is 0 Å². The van der Waals surface area contributed by atoms with Gasteiger partial charge in [-0.25, -0.2) is 4.98 Å². The Kier molecular flexibility index (Phi) is 3.68. The Balaban J connectivity index is 1.61. The van der Waals surface area contributed by atoms with Crippen LogP contribution in [0.5, 0.6) is 0 Å². The highest BCUT2D eigenvalue weighted by molar-refractivity contribution is 5.97. The minimum Gasteiger partial charge on any atom is -0.384 e. The quantitative estimate of drug-likeness (QED) is 0.407. The molecule has 4 aromatic rings. The number of fused-ring (bicyclic) bond motifs is 2. The summed E-state index contributed by atoms with van der Waals surface area (Å²) in [4.78, 5) is 19.5. The second kappa shape index (κ2) is 6.34. The second-order valence-electron chi connectivity index (χ2n) is 6.71. The standard InChI is InChI=1S/C20H17N7O/c21-20-22-4-3-18(26-20)25-14-5-12-9-24-27-19(12)16(7-14)11-1-2-17-15(6-11)13(10-28)8-23-17/h1-7,9-10,13,23H,8H2,(H,24,27)(H3,21,22,25,26). The van der Waals surface area contributed by atoms with Crippen LogP contribution in [0.2, 0.25) is 0 Å². The number of nitrogens with zero attached hydrogens (tertiary/aromatic N) is 3. The van der Waals surface area contributed by atoms with Crippen LogP contribution >= 0.6 is 0 Å². The molecule has 1 atom stereocenters. The first-order valence-corrected chi connectivity index (χ1v) is 8.87. The highest BCUT2D eigenvalue weighted by Gasteiger charge is 2.22. The zero-order chi connectivity index (χ0) is 19.1. The lowest BCUT2D eigenvalue weighted by Gasteiger charge is -2.11. The molecule has 0 aliphatic carbocycles. The number of rotatable bonds is 4. The van der Waals surface area contributed by atoms with Gasteiger partial charge in [0, 0.05) is 35.1 Å². The van der Waals surface area contributed by atoms with Crippen LogP contribution in [0.3, 0.4) is 0 Å². The third kappa shape index (κ3) is 2.71. The maximum Gasteiger partial charge on any atom is 0.221 e. The number of carbonyl (C=O) groups excluding carboxylic acids is 1. The van der Waals surface area contributed by atoms with E-state index in [1.54, 1.807) is 18.5 Å². The van der Waals surface area contributed by atoms with Crippen molar-refractivity contribution in [3.05, 3.63) is 54.4 Å². The Hall–Kier alpha value is -3.94. The molecule has 0 amide bonds. The molecule has 5 N–H and O–H groups in total. The van der Waals surface area contributed by atoms with Crippen LogP contribution in [0.25, 0.3) is 22.0 Å². The molecule has 138 valence electrons. The number of anilines is 4. The van der Waals surface area contributed by atoms with Crippen molar-refractivity contribution in [3.8, 4) is 11.1 Å². The highest BCUT2D eigenvalue weighted by Crippen LogP contribution is 2.37. The van der Waals surface area contributed by atoms with Gasteiger partial charge in [0.2, 0.25) is 5.95 Å². The number of nitrogens with two attached hydrogens (primary N) is 1. The number of aromatic nitrogens is 4. The van der Waals surface area contributed by atoms with Crippen molar-refractivity contribution in [2.24, 2.45) is 0 Å². The van der Waals surface area contributed by atoms with Gasteiger partial charge >= 0.3 is 0 Å². The maximum absolute atomic E-state index is 11.4. The normalized spacial score (nSPS) is 15.2. The first-order valence-electron chi connectivity index (χ1n) is 8.87. The summed E-state index contributed by atoms with van der Waals surface area (Å²) in [7, 11) is 0. The lowest BCUT2D eigenvalue weighted by Crippen LogP contribution is -2.02. The minimum atomic E-state index is -0.127. The van der Waals surface area contributed by atoms with E-state index in [0.29, 0.717) is 12.4 Å². The molecular weight excluding hydrogens is 354 g/mol. The molecule has 0 fully saturated rings. The monoisotopic (exact) mass is 371 g/mol. The molecule has 0 radical (unpaired) electrons. The minimum absolute atomic E-state index is 0.127. The van der Waals surface area contributed by atoms with Crippen molar-refractivity contribution in [1.29, 1.82) is 0 Å². The van der Waals surface area contributed by atoms with Crippen molar-refractivity contribution < 1.29 is 4.79 Å². The molecule has 2 aromatic heterocycles. The fourth-order valence-electron chi connectivity index (χ4n) is 3.60. The summed E-state index contributed by atoms with van der Waals surface area (Å²) < 4.78 is 0. The summed E-state index contributed by atoms with van der Waals surface area (Å²) in [5.74, 6) is 0.693. The van der Waals surface area contributed by atoms with E-state index in [4.69, 9.17) is 5.73 Å². The van der Waals surface area contributed by atoms with Crippen LogP contribution < -0.4 is 16.4 Å². The number of carbonyl (C=O) groups is 1. The van der Waals surface area contributed by atoms with Crippen LogP contribution in [0.15, 0.2) is 48.8 Å². The van der Waals surface area contributed by atoms with Gasteiger partial charge in [-0.15, -0.1) is 0 Å². The summed E-state index contributed by atoms with van der Waals surface area (Å²) in [6.45, 7) is 0.637. The molecule has 3 heterocycles. The molecule has 1 unspecified atom stereocenters. The van der Waals surface area contributed by atoms with Crippen molar-refractivity contribution in [2.75, 3.05) is 22.9 Å². The Morgan fingerprint density at radius 1 is 1.21 bits per heavy atom. The predicted molar refractivity (Wildman–Crippen MR) is 109 cm³/mol. The molecule has 0 saturated heterocycles. The van der Waals surface area contributed by atoms with Crippen molar-refractivity contribution in [1.82, 2.24) is 20.2 Å². The Labute approximate surface area is 160 Å². The number of hydrogen-bond acceptors (Lipinski definition) is 7. The molecule has 0 spiro atoms. The van der Waals surface area contributed by atoms with E-state index in [0.717, 1.165) is 45.3 Å². The number of benzene rings is 2. The molecule has 5 rings (SSSR count). The average molecular weight is 371 g/mol. The molecule has 1 aliphatic heterocycles. The van der Waals surface area contributed by atoms with Crippen molar-refractivity contribution in [2.45, 2.75) is 5.92 Å². The molecule has 1 aliphatic rings. The SMILES string of the molecule is Nc1nccc(Nc2cc(-c3ccc4c(c3)C(C=O)CN4)c3[nH]ncc3c2)n1. The number of aldehydes is 1. The summed E-state index contributed by atoms with van der Waals surface area (Å²) >= 11 is 0. The summed E-state index contributed by atoms with van der Waals surface area (Å²) in [6, 6.07) is 11.9. The zero-order valence-electron chi connectivity index (χ0n) is 14.8. The van der Waals surface area contributed by atoms with E-state index >= 15 is 0 Å². The second-order valence-corrected chi connectivity index (χ2v) is 6.71. The maximum atomic E-state index is 11.4. The van der Waals surface area contributed by atoms with Gasteiger partial charge in [0.1, 0.15) is 12.1 Å². The van der Waals surface area contributed by atoms with Gasteiger partial charge in [0.15, 0.2) is 0 Å². The van der Waals surface area contributed by atoms with Gasteiger partial charge in [-0.1, -0.05) is 6.07 Å². The number of nitrogens with one attached hydrogen (secondary N) is 3. The van der Waals surface area contributed by atoms with E-state index in [1.165, 1.54) is 0 Å². The summed E-state index contributed by atoms with van der Waals surface area (Å²) in [6.07, 6.45) is 4.38. The van der Waals surface area contributed by atoms with Gasteiger partial charge in [-0.3, -0.25) is 5.10 Å². The fraction of sp³-hybridized carbons (Fsp3) is 0.100. The Morgan fingerprint density at radius 2 is 2.14 bits per heavy atom. The van der Waals surface area contributed by atoms with Crippen LogP contribution in [0.4, 0.5) is 23.1 Å². The van der Waals surface area contributed by atoms with Gasteiger partial charge in [-0.2, -0.15) is 10.1 Å². The summed E-state index contributed by atoms with van der Waals surface area (Å²) in [5, 5.41) is 14.8. The lowest BCUT2D eigenvalue weighted by atomic mass is 9.96. The number of aromatic amines is 1. The highest BCUT2D eigenvalue weighted by atomic mass is 16.1. The van der Waals surface area contributed by atoms with E-state index in [-0.39, 0.29) is 11.9 Å². The molecule has 28 heavy (non-hydrogen) atoms. The molecule has 2 aromatic carbocycles. The van der Waals surface area contributed by atoms with Crippen LogP contribution in [0, 0.1) is 0 Å². The van der Waals surface area contributed by atoms with Crippen LogP contribution in [-0.4, -0.2) is 33.0 Å². The van der Waals surface area contributed by atoms with E-state index in [9.17, 15) is 4.79 Å². The average Bonchev–Trinajstić information content (AvgIpc) is 3.33. The largest absolute Gasteiger partial charge is 0.384 e. The molecular formula is C20H17N7O. The number of nitrogen functional groups attached to an aromatic ring is 1. The summed E-state index contributed by atoms with van der Waals surface area (Å²) in [5.41, 5.74) is 11.5. The first-order chi connectivity index (χ1) is 13.7. The predicted octanol–water partition coefficient (Wildman–Crippen LogP) is 3.05. The van der Waals surface area contributed by atoms with E-state index in [2.05, 4.69) is 36.9 Å². The Morgan fingerprint density at radius 3 is 3.00 bits per heavy atom. The number of H-pyrrole nitrogens is 1. The fourth-order valence-corrected chi connectivity index (χ4v) is 3.60. The van der Waals surface area contributed by atoms with Gasteiger partial charge in [-0.05, 0) is 41.5 Å². The van der Waals surface area contributed by atoms with Crippen molar-refractivity contribution in [3.63, 3.8) is 0 Å². The van der Waals surface area contributed by atoms with Gasteiger partial charge in [0.05, 0.1) is 17.6 Å². The first kappa shape index (κ1) is 16.2. The van der Waals surface area contributed by atoms with E-state index < -0.39 is 0 Å². The molecule has 8 heteroatoms. The zero-order valence-corrected chi connectivity index (χ0v) is 14.8. The van der Waals surface area contributed by atoms with Crippen LogP contribution in [-0.2, 0) is 4.79 Å². The Bertz CT molecular complexity index is 1200. The third-order valence-electron chi connectivity index (χ3n) is 4.93. The third-order valence-corrected chi connectivity index (χ3v) is 4.93. The number of hydrogen-bond donors (Lipinski definition) is 4. The molecule has 0 bridgehead atoms. The molecule has 8 nitrogen and oxygen atoms in total. The lowest BCUT2D eigenvalue weighted by molar-refractivity contribution is -0.108. The van der Waals surface area contributed by atoms with Crippen molar-refractivity contribution >= 4 is 40.3 Å². The van der Waals surface area contributed by atoms with E-state index in [1.807, 2.05) is 24.3 Å². The van der Waals surface area contributed by atoms with Crippen LogP contribution in [0.1, 0.15) is 11.5 Å². The molecule has 0 saturated carbocycles.